The van der Waals surface area contributed by atoms with Crippen LogP contribution in [0.2, 0.25) is 0 Å². The number of rotatable bonds is 3. The van der Waals surface area contributed by atoms with Gasteiger partial charge in [0.15, 0.2) is 0 Å². The molecule has 0 aliphatic carbocycles. The minimum atomic E-state index is -0.123. The lowest BCUT2D eigenvalue weighted by molar-refractivity contribution is -0.115. The molecule has 23 heavy (non-hydrogen) atoms. The van der Waals surface area contributed by atoms with Crippen LogP contribution in [0.4, 0.5) is 11.6 Å². The Kier molecular flexibility index (Phi) is 3.68. The highest BCUT2D eigenvalue weighted by atomic mass is 16.5. The average Bonchev–Trinajstić information content (AvgIpc) is 3.05. The van der Waals surface area contributed by atoms with Crippen molar-refractivity contribution in [2.24, 2.45) is 0 Å². The number of likely N-dealkylation sites (N-methyl/N-ethyl adjacent to an activating group) is 1. The Balaban J connectivity index is 1.88. The second-order valence-corrected chi connectivity index (χ2v) is 5.18. The van der Waals surface area contributed by atoms with E-state index in [9.17, 15) is 4.79 Å². The fourth-order valence-electron chi connectivity index (χ4n) is 2.39. The maximum Gasteiger partial charge on any atom is 0.257 e. The molecular formula is C14H17N7O2. The fraction of sp³-hybridized carbons (Fsp3) is 0.357. The maximum absolute atomic E-state index is 12.8. The van der Waals surface area contributed by atoms with Gasteiger partial charge in [-0.2, -0.15) is 0 Å². The van der Waals surface area contributed by atoms with Crippen LogP contribution in [0, 0.1) is 0 Å². The van der Waals surface area contributed by atoms with E-state index in [1.54, 1.807) is 47.0 Å². The molecule has 0 atom stereocenters. The number of hydrogen-bond acceptors (Lipinski definition) is 7. The molecule has 0 saturated carbocycles. The molecule has 1 amide bonds. The topological polar surface area (TPSA) is 89.3 Å². The number of tetrazole rings is 1. The van der Waals surface area contributed by atoms with Gasteiger partial charge in [0.05, 0.1) is 31.1 Å². The molecular weight excluding hydrogens is 298 g/mol. The zero-order valence-electron chi connectivity index (χ0n) is 13.4. The van der Waals surface area contributed by atoms with E-state index in [0.29, 0.717) is 29.6 Å². The summed E-state index contributed by atoms with van der Waals surface area (Å²) in [5.41, 5.74) is 2.14. The number of anilines is 2. The summed E-state index contributed by atoms with van der Waals surface area (Å²) in [6.07, 6.45) is 1.60. The summed E-state index contributed by atoms with van der Waals surface area (Å²) in [6.45, 7) is 2.22. The molecule has 3 rings (SSSR count). The Bertz CT molecular complexity index is 766. The molecule has 0 saturated heterocycles. The van der Waals surface area contributed by atoms with Gasteiger partial charge in [-0.05, 0) is 23.4 Å². The minimum Gasteiger partial charge on any atom is -0.481 e. The summed E-state index contributed by atoms with van der Waals surface area (Å²) >= 11 is 0. The maximum atomic E-state index is 12.8. The van der Waals surface area contributed by atoms with Gasteiger partial charge in [0, 0.05) is 25.9 Å². The van der Waals surface area contributed by atoms with Crippen LogP contribution >= 0.6 is 0 Å². The van der Waals surface area contributed by atoms with E-state index in [1.807, 2.05) is 14.0 Å². The van der Waals surface area contributed by atoms with Crippen molar-refractivity contribution in [3.8, 4) is 5.88 Å². The van der Waals surface area contributed by atoms with Crippen molar-refractivity contribution in [1.29, 1.82) is 0 Å². The number of hydrogen-bond donors (Lipinski definition) is 0. The van der Waals surface area contributed by atoms with Crippen molar-refractivity contribution in [1.82, 2.24) is 25.2 Å². The summed E-state index contributed by atoms with van der Waals surface area (Å²) in [6, 6.07) is 3.50. The van der Waals surface area contributed by atoms with Crippen molar-refractivity contribution in [3.05, 3.63) is 29.6 Å². The van der Waals surface area contributed by atoms with E-state index in [2.05, 4.69) is 20.5 Å². The lowest BCUT2D eigenvalue weighted by Crippen LogP contribution is -2.36. The quantitative estimate of drug-likeness (QED) is 0.813. The Morgan fingerprint density at radius 1 is 1.39 bits per heavy atom. The first-order valence-electron chi connectivity index (χ1n) is 7.00. The molecule has 2 aromatic rings. The van der Waals surface area contributed by atoms with Crippen molar-refractivity contribution in [2.45, 2.75) is 13.5 Å². The molecule has 0 fully saturated rings. The van der Waals surface area contributed by atoms with E-state index in [-0.39, 0.29) is 5.91 Å². The largest absolute Gasteiger partial charge is 0.481 e. The van der Waals surface area contributed by atoms with E-state index < -0.39 is 0 Å². The summed E-state index contributed by atoms with van der Waals surface area (Å²) in [5.74, 6) is 0.996. The molecule has 0 spiro atoms. The van der Waals surface area contributed by atoms with Crippen LogP contribution in [-0.4, -0.2) is 52.3 Å². The number of carbonyl (C=O) groups is 1. The van der Waals surface area contributed by atoms with Gasteiger partial charge in [0.2, 0.25) is 11.8 Å². The third-order valence-electron chi connectivity index (χ3n) is 3.94. The number of methoxy groups -OCH3 is 1. The van der Waals surface area contributed by atoms with Crippen LogP contribution in [0.3, 0.4) is 0 Å². The van der Waals surface area contributed by atoms with Crippen molar-refractivity contribution < 1.29 is 9.53 Å². The Hall–Kier alpha value is -2.97. The van der Waals surface area contributed by atoms with Gasteiger partial charge in [-0.15, -0.1) is 0 Å². The highest BCUT2D eigenvalue weighted by Gasteiger charge is 2.28. The van der Waals surface area contributed by atoms with Crippen LogP contribution in [0.5, 0.6) is 5.88 Å². The van der Waals surface area contributed by atoms with Crippen LogP contribution in [0.15, 0.2) is 29.6 Å². The summed E-state index contributed by atoms with van der Waals surface area (Å²) in [7, 11) is 5.09. The molecule has 1 aliphatic heterocycles. The monoisotopic (exact) mass is 315 g/mol. The molecule has 9 nitrogen and oxygen atoms in total. The molecule has 0 unspecified atom stereocenters. The van der Waals surface area contributed by atoms with E-state index in [1.165, 1.54) is 0 Å². The normalized spacial score (nSPS) is 13.8. The summed E-state index contributed by atoms with van der Waals surface area (Å²) in [4.78, 5) is 20.3. The highest BCUT2D eigenvalue weighted by molar-refractivity contribution is 6.06. The highest BCUT2D eigenvalue weighted by Crippen LogP contribution is 2.26. The number of amides is 1. The zero-order chi connectivity index (χ0) is 16.6. The first-order valence-corrected chi connectivity index (χ1v) is 7.00. The van der Waals surface area contributed by atoms with Crippen molar-refractivity contribution >= 4 is 17.5 Å². The van der Waals surface area contributed by atoms with Gasteiger partial charge in [-0.3, -0.25) is 4.79 Å². The Morgan fingerprint density at radius 3 is 2.83 bits per heavy atom. The molecule has 0 N–H and O–H groups in total. The zero-order valence-corrected chi connectivity index (χ0v) is 13.4. The number of carbonyl (C=O) groups excluding carboxylic acids is 1. The van der Waals surface area contributed by atoms with Gasteiger partial charge in [-0.1, -0.05) is 5.10 Å². The first kappa shape index (κ1) is 14.9. The van der Waals surface area contributed by atoms with Crippen LogP contribution in [-0.2, 0) is 11.3 Å². The summed E-state index contributed by atoms with van der Waals surface area (Å²) in [5, 5.41) is 11.5. The van der Waals surface area contributed by atoms with Crippen LogP contribution < -0.4 is 14.5 Å². The van der Waals surface area contributed by atoms with Gasteiger partial charge >= 0.3 is 0 Å². The summed E-state index contributed by atoms with van der Waals surface area (Å²) < 4.78 is 6.63. The predicted octanol–water partition coefficient (Wildman–Crippen LogP) is 0.463. The second-order valence-electron chi connectivity index (χ2n) is 5.18. The van der Waals surface area contributed by atoms with Crippen LogP contribution in [0.25, 0.3) is 0 Å². The fourth-order valence-corrected chi connectivity index (χ4v) is 2.39. The number of aromatic nitrogens is 5. The molecule has 3 heterocycles. The number of nitrogens with zero attached hydrogens (tertiary/aromatic N) is 7. The molecule has 0 aromatic carbocycles. The number of allylic oxidation sites excluding steroid dienone is 1. The molecule has 1 aliphatic rings. The lowest BCUT2D eigenvalue weighted by Gasteiger charge is -2.28. The van der Waals surface area contributed by atoms with Crippen LogP contribution in [0.1, 0.15) is 6.92 Å². The predicted molar refractivity (Wildman–Crippen MR) is 83.1 cm³/mol. The molecule has 2 aromatic heterocycles. The van der Waals surface area contributed by atoms with E-state index >= 15 is 0 Å². The van der Waals surface area contributed by atoms with Gasteiger partial charge in [0.1, 0.15) is 0 Å². The lowest BCUT2D eigenvalue weighted by atomic mass is 10.1. The standard InChI is InChI=1S/C14H17N7O2/c1-9-11(8-21-14(19(9)2)16-17-18-21)13(22)20(3)10-5-6-12(23-4)15-7-10/h5-7H,8H2,1-4H3. The molecule has 120 valence electrons. The molecule has 0 radical (unpaired) electrons. The van der Waals surface area contributed by atoms with Gasteiger partial charge in [0.25, 0.3) is 5.91 Å². The third kappa shape index (κ3) is 2.50. The molecule has 9 heteroatoms. The smallest absolute Gasteiger partial charge is 0.257 e. The average molecular weight is 315 g/mol. The first-order chi connectivity index (χ1) is 11.0. The Morgan fingerprint density at radius 2 is 2.17 bits per heavy atom. The number of fused-ring (bicyclic) bond motifs is 1. The van der Waals surface area contributed by atoms with Gasteiger partial charge < -0.3 is 14.5 Å². The van der Waals surface area contributed by atoms with Gasteiger partial charge in [-0.25, -0.2) is 9.67 Å². The van der Waals surface area contributed by atoms with E-state index in [0.717, 1.165) is 5.70 Å². The third-order valence-corrected chi connectivity index (χ3v) is 3.94. The number of pyridine rings is 1. The minimum absolute atomic E-state index is 0.123. The SMILES string of the molecule is COc1ccc(N(C)C(=O)C2=C(C)N(C)c3nnnn3C2)cn1. The van der Waals surface area contributed by atoms with Crippen molar-refractivity contribution in [2.75, 3.05) is 31.0 Å². The Labute approximate surface area is 133 Å². The second kappa shape index (κ2) is 5.67. The number of ether oxygens (including phenoxy) is 1. The van der Waals surface area contributed by atoms with E-state index in [4.69, 9.17) is 4.74 Å². The molecule has 0 bridgehead atoms. The van der Waals surface area contributed by atoms with Crippen molar-refractivity contribution in [3.63, 3.8) is 0 Å².